The van der Waals surface area contributed by atoms with E-state index in [-0.39, 0.29) is 40.5 Å². The van der Waals surface area contributed by atoms with Crippen molar-refractivity contribution >= 4 is 40.7 Å². The molecule has 0 radical (unpaired) electrons. The summed E-state index contributed by atoms with van der Waals surface area (Å²) in [5.74, 6) is -2.25. The maximum Gasteiger partial charge on any atom is 0.335 e. The first kappa shape index (κ1) is 28.9. The van der Waals surface area contributed by atoms with Crippen molar-refractivity contribution in [1.29, 1.82) is 0 Å². The number of halogens is 2. The molecule has 1 saturated heterocycles. The van der Waals surface area contributed by atoms with E-state index in [0.717, 1.165) is 42.7 Å². The van der Waals surface area contributed by atoms with Crippen molar-refractivity contribution in [3.05, 3.63) is 99.3 Å². The fraction of sp³-hybridized carbons (Fsp3) is 0.333. The van der Waals surface area contributed by atoms with Crippen LogP contribution in [-0.2, 0) is 27.3 Å². The summed E-state index contributed by atoms with van der Waals surface area (Å²) < 4.78 is 14.7. The quantitative estimate of drug-likeness (QED) is 0.378. The van der Waals surface area contributed by atoms with Crippen LogP contribution >= 0.6 is 11.6 Å². The fourth-order valence-electron chi connectivity index (χ4n) is 6.31. The Bertz CT molecular complexity index is 1600. The summed E-state index contributed by atoms with van der Waals surface area (Å²) in [6.07, 6.45) is 3.04. The first-order valence-electron chi connectivity index (χ1n) is 14.5. The zero-order valence-corrected chi connectivity index (χ0v) is 24.2. The maximum atomic E-state index is 14.7. The number of hydrogen-bond acceptors (Lipinski definition) is 6. The number of oxime groups is 1. The van der Waals surface area contributed by atoms with Crippen LogP contribution in [0.3, 0.4) is 0 Å². The summed E-state index contributed by atoms with van der Waals surface area (Å²) in [4.78, 5) is 48.8. The Kier molecular flexibility index (Phi) is 8.17. The van der Waals surface area contributed by atoms with Crippen molar-refractivity contribution in [3.8, 4) is 0 Å². The van der Waals surface area contributed by atoms with Crippen LogP contribution in [0.5, 0.6) is 0 Å². The highest BCUT2D eigenvalue weighted by molar-refractivity contribution is 6.31. The zero-order chi connectivity index (χ0) is 30.1. The summed E-state index contributed by atoms with van der Waals surface area (Å²) in [6, 6.07) is 15.9. The normalized spacial score (nSPS) is 19.8. The van der Waals surface area contributed by atoms with Crippen LogP contribution in [0.4, 0.5) is 10.1 Å². The number of fused-ring (bicyclic) bond motifs is 1. The molecule has 0 spiro atoms. The minimum atomic E-state index is -1.04. The number of carboxylic acids is 1. The highest BCUT2D eigenvalue weighted by Crippen LogP contribution is 2.38. The summed E-state index contributed by atoms with van der Waals surface area (Å²) in [5, 5.41) is 13.2. The topological polar surface area (TPSA) is 99.5 Å². The Morgan fingerprint density at radius 1 is 0.977 bits per heavy atom. The average Bonchev–Trinajstić information content (AvgIpc) is 3.52. The molecule has 6 rings (SSSR count). The van der Waals surface area contributed by atoms with Gasteiger partial charge in [-0.15, -0.1) is 0 Å². The lowest BCUT2D eigenvalue weighted by Crippen LogP contribution is -2.48. The van der Waals surface area contributed by atoms with Crippen LogP contribution in [0.15, 0.2) is 65.8 Å². The minimum absolute atomic E-state index is 0.0166. The second-order valence-electron chi connectivity index (χ2n) is 11.2. The van der Waals surface area contributed by atoms with Crippen molar-refractivity contribution in [2.75, 3.05) is 24.5 Å². The molecule has 1 N–H and O–H groups in total. The molecule has 10 heteroatoms. The van der Waals surface area contributed by atoms with Crippen LogP contribution in [0.2, 0.25) is 5.02 Å². The number of benzene rings is 3. The average molecular weight is 604 g/mol. The summed E-state index contributed by atoms with van der Waals surface area (Å²) >= 11 is 5.96. The van der Waals surface area contributed by atoms with Crippen molar-refractivity contribution in [2.24, 2.45) is 5.16 Å². The van der Waals surface area contributed by atoms with Crippen molar-refractivity contribution < 1.29 is 28.7 Å². The lowest BCUT2D eigenvalue weighted by atomic mass is 9.86. The van der Waals surface area contributed by atoms with Gasteiger partial charge in [0.25, 0.3) is 5.91 Å². The van der Waals surface area contributed by atoms with Gasteiger partial charge >= 0.3 is 5.97 Å². The minimum Gasteiger partial charge on any atom is -0.478 e. The Morgan fingerprint density at radius 2 is 1.72 bits per heavy atom. The second kappa shape index (κ2) is 12.2. The van der Waals surface area contributed by atoms with Crippen molar-refractivity contribution in [1.82, 2.24) is 4.90 Å². The molecule has 3 aromatic rings. The number of hydrogen-bond donors (Lipinski definition) is 1. The number of ketones is 1. The molecule has 0 saturated carbocycles. The molecule has 0 bridgehead atoms. The van der Waals surface area contributed by atoms with E-state index in [1.54, 1.807) is 23.1 Å². The molecule has 0 unspecified atom stereocenters. The third kappa shape index (κ3) is 5.73. The van der Waals surface area contributed by atoms with E-state index in [4.69, 9.17) is 16.4 Å². The van der Waals surface area contributed by atoms with Gasteiger partial charge in [-0.1, -0.05) is 47.1 Å². The van der Waals surface area contributed by atoms with Crippen LogP contribution < -0.4 is 4.90 Å². The lowest BCUT2D eigenvalue weighted by molar-refractivity contribution is -0.149. The summed E-state index contributed by atoms with van der Waals surface area (Å²) in [5.41, 5.74) is 4.20. The van der Waals surface area contributed by atoms with Crippen molar-refractivity contribution in [2.45, 2.75) is 50.7 Å². The zero-order valence-electron chi connectivity index (χ0n) is 23.5. The van der Waals surface area contributed by atoms with E-state index in [1.807, 2.05) is 12.1 Å². The van der Waals surface area contributed by atoms with Gasteiger partial charge in [0.05, 0.1) is 16.3 Å². The monoisotopic (exact) mass is 603 g/mol. The number of rotatable bonds is 7. The molecule has 1 amide bonds. The molecule has 222 valence electrons. The van der Waals surface area contributed by atoms with E-state index in [2.05, 4.69) is 16.1 Å². The number of piperidine rings is 1. The predicted molar refractivity (Wildman–Crippen MR) is 160 cm³/mol. The standard InChI is InChI=1S/C33H31ClFN3O5/c34-25-8-4-7-24(30(25)35)26-19-29(43-36-26)32(40)38-17-14-22-23(6-5-9-27(22)37-15-2-1-3-16-37)31(38)28(39)18-20-10-12-21(13-11-20)33(41)42/h4-13,29,31H,1-3,14-19H2,(H,41,42)/t29-,31-/m1/s1. The number of aromatic carboxylic acids is 1. The van der Waals surface area contributed by atoms with E-state index in [0.29, 0.717) is 18.5 Å². The first-order chi connectivity index (χ1) is 20.8. The lowest BCUT2D eigenvalue weighted by Gasteiger charge is -2.40. The highest BCUT2D eigenvalue weighted by atomic mass is 35.5. The molecule has 3 aliphatic rings. The molecule has 0 aromatic heterocycles. The number of carbonyl (C=O) groups is 3. The SMILES string of the molecule is O=C(O)c1ccc(CC(=O)[C@H]2c3cccc(N4CCCCC4)c3CCN2C(=O)[C@H]2CC(c3cccc(Cl)c3F)=NO2)cc1. The third-order valence-corrected chi connectivity index (χ3v) is 8.76. The van der Waals surface area contributed by atoms with E-state index in [9.17, 15) is 23.9 Å². The molecule has 8 nitrogen and oxygen atoms in total. The molecule has 0 aliphatic carbocycles. The molecule has 3 heterocycles. The van der Waals surface area contributed by atoms with Gasteiger partial charge in [0.2, 0.25) is 6.10 Å². The van der Waals surface area contributed by atoms with E-state index in [1.165, 1.54) is 30.7 Å². The van der Waals surface area contributed by atoms with Crippen LogP contribution in [0.25, 0.3) is 0 Å². The summed E-state index contributed by atoms with van der Waals surface area (Å²) in [7, 11) is 0. The largest absolute Gasteiger partial charge is 0.478 e. The number of carboxylic acid groups (broad SMARTS) is 1. The maximum absolute atomic E-state index is 14.7. The molecular weight excluding hydrogens is 573 g/mol. The molecule has 43 heavy (non-hydrogen) atoms. The van der Waals surface area contributed by atoms with E-state index >= 15 is 0 Å². The number of Topliss-reactive ketones (excluding diaryl/α,β-unsaturated/α-hetero) is 1. The van der Waals surface area contributed by atoms with Gasteiger partial charge in [-0.3, -0.25) is 9.59 Å². The van der Waals surface area contributed by atoms with Crippen LogP contribution in [-0.4, -0.2) is 59.1 Å². The van der Waals surface area contributed by atoms with Gasteiger partial charge in [-0.2, -0.15) is 0 Å². The molecule has 3 aliphatic heterocycles. The first-order valence-corrected chi connectivity index (χ1v) is 14.9. The van der Waals surface area contributed by atoms with Gasteiger partial charge in [0, 0.05) is 43.7 Å². The molecule has 3 aromatic carbocycles. The number of nitrogens with zero attached hydrogens (tertiary/aromatic N) is 3. The van der Waals surface area contributed by atoms with E-state index < -0.39 is 29.8 Å². The Morgan fingerprint density at radius 3 is 2.47 bits per heavy atom. The van der Waals surface area contributed by atoms with Crippen molar-refractivity contribution in [3.63, 3.8) is 0 Å². The number of carbonyl (C=O) groups excluding carboxylic acids is 2. The Hall–Kier alpha value is -4.24. The Balaban J connectivity index is 1.30. The number of amides is 1. The second-order valence-corrected chi connectivity index (χ2v) is 11.6. The molecule has 2 atom stereocenters. The molecular formula is C33H31ClFN3O5. The van der Waals surface area contributed by atoms with Gasteiger partial charge in [0.1, 0.15) is 6.04 Å². The Labute approximate surface area is 253 Å². The smallest absolute Gasteiger partial charge is 0.335 e. The van der Waals surface area contributed by atoms with Crippen LogP contribution in [0, 0.1) is 5.82 Å². The highest BCUT2D eigenvalue weighted by Gasteiger charge is 2.42. The summed E-state index contributed by atoms with van der Waals surface area (Å²) in [6.45, 7) is 2.21. The van der Waals surface area contributed by atoms with Crippen LogP contribution in [0.1, 0.15) is 64.3 Å². The third-order valence-electron chi connectivity index (χ3n) is 8.47. The van der Waals surface area contributed by atoms with Gasteiger partial charge < -0.3 is 19.7 Å². The van der Waals surface area contributed by atoms with Gasteiger partial charge in [0.15, 0.2) is 11.6 Å². The predicted octanol–water partition coefficient (Wildman–Crippen LogP) is 5.60. The molecule has 1 fully saturated rings. The van der Waals surface area contributed by atoms with Gasteiger partial charge in [-0.25, -0.2) is 9.18 Å². The number of anilines is 1. The fourth-order valence-corrected chi connectivity index (χ4v) is 6.48. The van der Waals surface area contributed by atoms with Gasteiger partial charge in [-0.05, 0) is 72.7 Å².